The average molecular weight is 1400 g/mol. The van der Waals surface area contributed by atoms with Gasteiger partial charge in [-0.15, -0.1) is 0 Å². The van der Waals surface area contributed by atoms with Crippen molar-refractivity contribution in [1.82, 2.24) is 0 Å². The third-order valence-electron chi connectivity index (χ3n) is 17.9. The first-order valence-electron chi connectivity index (χ1n) is 39.8. The number of unbranched alkanes of at least 4 members (excludes halogenated alkanes) is 51. The maximum Gasteiger partial charge on any atom is 0.472 e. The van der Waals surface area contributed by atoms with E-state index in [1.807, 2.05) is 0 Å². The highest BCUT2D eigenvalue weighted by Crippen LogP contribution is 2.45. The van der Waals surface area contributed by atoms with Gasteiger partial charge in [0.1, 0.15) is 19.3 Å². The Labute approximate surface area is 581 Å². The molecule has 0 aromatic heterocycles. The summed E-state index contributed by atoms with van der Waals surface area (Å²) in [5, 5.41) is 10.6. The fourth-order valence-electron chi connectivity index (χ4n) is 11.8. The Bertz CT molecular complexity index is 1810. The van der Waals surface area contributed by atoms with Gasteiger partial charge in [0.2, 0.25) is 0 Å². The summed E-state index contributed by atoms with van der Waals surface area (Å²) in [4.78, 5) is 72.6. The number of esters is 4. The quantitative estimate of drug-likeness (QED) is 0.0222. The largest absolute Gasteiger partial charge is 0.472 e. The van der Waals surface area contributed by atoms with Gasteiger partial charge in [-0.25, -0.2) is 9.13 Å². The molecule has 0 rings (SSSR count). The smallest absolute Gasteiger partial charge is 0.462 e. The fourth-order valence-corrected chi connectivity index (χ4v) is 13.3. The Kier molecular flexibility index (Phi) is 69.1. The summed E-state index contributed by atoms with van der Waals surface area (Å²) in [5.74, 6) is -2.12. The number of hydrogen-bond acceptors (Lipinski definition) is 15. The Morgan fingerprint density at radius 2 is 0.421 bits per heavy atom. The Hall–Kier alpha value is -1.94. The van der Waals surface area contributed by atoms with Crippen LogP contribution in [0.3, 0.4) is 0 Å². The molecule has 0 aliphatic rings. The predicted molar refractivity (Wildman–Crippen MR) is 386 cm³/mol. The zero-order valence-corrected chi connectivity index (χ0v) is 63.4. The van der Waals surface area contributed by atoms with E-state index in [9.17, 15) is 43.2 Å². The highest BCUT2D eigenvalue weighted by atomic mass is 31.2. The predicted octanol–water partition coefficient (Wildman–Crippen LogP) is 22.6. The van der Waals surface area contributed by atoms with Crippen molar-refractivity contribution in [3.8, 4) is 0 Å². The van der Waals surface area contributed by atoms with Crippen molar-refractivity contribution >= 4 is 39.5 Å². The van der Waals surface area contributed by atoms with Crippen LogP contribution in [0, 0.1) is 0 Å². The fraction of sp³-hybridized carbons (Fsp3) is 0.947. The van der Waals surface area contributed by atoms with E-state index in [1.165, 1.54) is 231 Å². The molecule has 19 heteroatoms. The van der Waals surface area contributed by atoms with E-state index in [0.29, 0.717) is 25.7 Å². The molecule has 3 N–H and O–H groups in total. The normalized spacial score (nSPS) is 13.9. The highest BCUT2D eigenvalue weighted by Gasteiger charge is 2.30. The van der Waals surface area contributed by atoms with E-state index in [-0.39, 0.29) is 25.7 Å². The summed E-state index contributed by atoms with van der Waals surface area (Å²) in [6, 6.07) is 0. The van der Waals surface area contributed by atoms with Crippen molar-refractivity contribution < 1.29 is 80.2 Å². The number of phosphoric acid groups is 2. The van der Waals surface area contributed by atoms with Gasteiger partial charge < -0.3 is 33.8 Å². The van der Waals surface area contributed by atoms with Crippen molar-refractivity contribution in [2.24, 2.45) is 0 Å². The maximum atomic E-state index is 13.1. The lowest BCUT2D eigenvalue weighted by molar-refractivity contribution is -0.161. The van der Waals surface area contributed by atoms with E-state index in [1.54, 1.807) is 0 Å². The summed E-state index contributed by atoms with van der Waals surface area (Å²) in [5.41, 5.74) is 0. The number of aliphatic hydroxyl groups excluding tert-OH is 1. The lowest BCUT2D eigenvalue weighted by Crippen LogP contribution is -2.30. The summed E-state index contributed by atoms with van der Waals surface area (Å²) >= 11 is 0. The van der Waals surface area contributed by atoms with Crippen LogP contribution in [0.15, 0.2) is 0 Å². The van der Waals surface area contributed by atoms with Gasteiger partial charge in [-0.1, -0.05) is 355 Å². The van der Waals surface area contributed by atoms with Crippen molar-refractivity contribution in [3.63, 3.8) is 0 Å². The molecule has 0 aromatic rings. The molecule has 0 saturated heterocycles. The Morgan fingerprint density at radius 3 is 0.621 bits per heavy atom. The van der Waals surface area contributed by atoms with Crippen LogP contribution in [-0.4, -0.2) is 96.7 Å². The molecule has 0 aliphatic carbocycles. The van der Waals surface area contributed by atoms with E-state index < -0.39 is 97.5 Å². The van der Waals surface area contributed by atoms with E-state index in [2.05, 4.69) is 27.7 Å². The molecule has 0 aromatic carbocycles. The van der Waals surface area contributed by atoms with Crippen LogP contribution < -0.4 is 0 Å². The minimum Gasteiger partial charge on any atom is -0.462 e. The molecule has 17 nitrogen and oxygen atoms in total. The van der Waals surface area contributed by atoms with Crippen LogP contribution >= 0.6 is 15.6 Å². The summed E-state index contributed by atoms with van der Waals surface area (Å²) < 4.78 is 68.4. The second-order valence-electron chi connectivity index (χ2n) is 27.4. The summed E-state index contributed by atoms with van der Waals surface area (Å²) in [7, 11) is -9.90. The molecule has 0 aliphatic heterocycles. The van der Waals surface area contributed by atoms with Gasteiger partial charge in [-0.05, 0) is 25.7 Å². The molecular formula is C76H148O17P2. The van der Waals surface area contributed by atoms with Gasteiger partial charge in [0.15, 0.2) is 12.2 Å². The van der Waals surface area contributed by atoms with Crippen molar-refractivity contribution in [2.45, 2.75) is 425 Å². The van der Waals surface area contributed by atoms with Crippen LogP contribution in [0.2, 0.25) is 0 Å². The van der Waals surface area contributed by atoms with E-state index in [4.69, 9.17) is 37.0 Å². The number of aliphatic hydroxyl groups is 1. The third-order valence-corrected chi connectivity index (χ3v) is 19.8. The minimum atomic E-state index is -4.96. The highest BCUT2D eigenvalue weighted by molar-refractivity contribution is 7.47. The van der Waals surface area contributed by atoms with Crippen LogP contribution in [-0.2, 0) is 65.4 Å². The number of rotatable bonds is 77. The zero-order chi connectivity index (χ0) is 69.7. The number of ether oxygens (including phenoxy) is 4. The first-order chi connectivity index (χ1) is 46.2. The van der Waals surface area contributed by atoms with Crippen LogP contribution in [0.5, 0.6) is 0 Å². The maximum absolute atomic E-state index is 13.1. The standard InChI is InChI=1S/C76H148O17P2/c1-5-9-13-17-21-25-27-29-31-33-35-36-38-40-42-44-47-51-55-59-63-76(81)93-72(67-87-74(79)61-57-53-49-46-43-41-39-37-34-32-30-28-26-22-18-14-10-6-2)69-91-95(84,85)89-65-70(77)64-88-94(82,83)90-68-71(66-86-73(78)60-56-52-48-24-20-16-12-8-4)92-75(80)62-58-54-50-45-23-19-15-11-7-3/h70-72,77H,5-69H2,1-4H3,(H,82,83)(H,84,85)/t70-,71+,72+/m0/s1. The molecule has 0 radical (unpaired) electrons. The second kappa shape index (κ2) is 70.5. The SMILES string of the molecule is CCCCCCCCCCCCCCCCCCCCCCC(=O)O[C@H](COC(=O)CCCCCCCCCCCCCCCCCCCC)COP(=O)(O)OC[C@@H](O)COP(=O)(O)OC[C@@H](COC(=O)CCCCCCCCCC)OC(=O)CCCCCCCCCCC. The molecule has 0 heterocycles. The van der Waals surface area contributed by atoms with Gasteiger partial charge in [-0.2, -0.15) is 0 Å². The third kappa shape index (κ3) is 70.3. The number of hydrogen-bond donors (Lipinski definition) is 3. The molecule has 0 bridgehead atoms. The van der Waals surface area contributed by atoms with Gasteiger partial charge in [0, 0.05) is 25.7 Å². The average Bonchev–Trinajstić information content (AvgIpc) is 1.64. The van der Waals surface area contributed by atoms with Gasteiger partial charge in [-0.3, -0.25) is 37.3 Å². The lowest BCUT2D eigenvalue weighted by atomic mass is 10.0. The molecule has 95 heavy (non-hydrogen) atoms. The van der Waals surface area contributed by atoms with E-state index >= 15 is 0 Å². The first kappa shape index (κ1) is 93.1. The van der Waals surface area contributed by atoms with E-state index in [0.717, 1.165) is 96.3 Å². The molecule has 0 saturated carbocycles. The van der Waals surface area contributed by atoms with Crippen LogP contribution in [0.1, 0.15) is 407 Å². The van der Waals surface area contributed by atoms with Crippen molar-refractivity contribution in [3.05, 3.63) is 0 Å². The molecular weight excluding hydrogens is 1250 g/mol. The molecule has 0 spiro atoms. The lowest BCUT2D eigenvalue weighted by Gasteiger charge is -2.21. The van der Waals surface area contributed by atoms with Crippen molar-refractivity contribution in [2.75, 3.05) is 39.6 Å². The number of phosphoric ester groups is 2. The topological polar surface area (TPSA) is 237 Å². The van der Waals surface area contributed by atoms with Gasteiger partial charge in [0.05, 0.1) is 26.4 Å². The number of carbonyl (C=O) groups is 4. The molecule has 564 valence electrons. The zero-order valence-electron chi connectivity index (χ0n) is 61.6. The van der Waals surface area contributed by atoms with Gasteiger partial charge in [0.25, 0.3) is 0 Å². The summed E-state index contributed by atoms with van der Waals surface area (Å²) in [6.45, 7) is 4.94. The second-order valence-corrected chi connectivity index (χ2v) is 30.3. The molecule has 0 fully saturated rings. The minimum absolute atomic E-state index is 0.106. The monoisotopic (exact) mass is 1400 g/mol. The molecule has 5 atom stereocenters. The molecule has 2 unspecified atom stereocenters. The van der Waals surface area contributed by atoms with Crippen LogP contribution in [0.25, 0.3) is 0 Å². The van der Waals surface area contributed by atoms with Crippen LogP contribution in [0.4, 0.5) is 0 Å². The Balaban J connectivity index is 5.15. The molecule has 0 amide bonds. The van der Waals surface area contributed by atoms with Gasteiger partial charge >= 0.3 is 39.5 Å². The Morgan fingerprint density at radius 1 is 0.253 bits per heavy atom. The number of carbonyl (C=O) groups excluding carboxylic acids is 4. The first-order valence-corrected chi connectivity index (χ1v) is 42.8. The van der Waals surface area contributed by atoms with Crippen molar-refractivity contribution in [1.29, 1.82) is 0 Å². The summed E-state index contributed by atoms with van der Waals surface area (Å²) in [6.07, 6.45) is 61.3.